The van der Waals surface area contributed by atoms with Crippen molar-refractivity contribution < 1.29 is 18.0 Å². The quantitative estimate of drug-likeness (QED) is 0.584. The molecule has 1 aliphatic carbocycles. The fourth-order valence-electron chi connectivity index (χ4n) is 3.49. The van der Waals surface area contributed by atoms with E-state index in [0.717, 1.165) is 32.1 Å². The molecule has 0 aromatic rings. The summed E-state index contributed by atoms with van der Waals surface area (Å²) in [5.74, 6) is 0.785. The van der Waals surface area contributed by atoms with Crippen molar-refractivity contribution in [2.75, 3.05) is 26.2 Å². The maximum Gasteiger partial charge on any atom is 0.390 e. The number of aliphatic imine (C=N–C) groups is 1. The molecule has 2 N–H and O–H groups in total. The topological polar surface area (TPSA) is 56.7 Å². The Morgan fingerprint density at radius 3 is 2.56 bits per heavy atom. The molecule has 8 heteroatoms. The van der Waals surface area contributed by atoms with Gasteiger partial charge in [0.2, 0.25) is 5.91 Å². The van der Waals surface area contributed by atoms with Gasteiger partial charge in [-0.15, -0.1) is 0 Å². The zero-order chi connectivity index (χ0) is 18.3. The number of nitrogens with one attached hydrogen (secondary N) is 2. The fraction of sp³-hybridized carbons (Fsp3) is 0.882. The minimum absolute atomic E-state index is 0.0382. The van der Waals surface area contributed by atoms with Gasteiger partial charge in [-0.2, -0.15) is 13.2 Å². The number of rotatable bonds is 5. The van der Waals surface area contributed by atoms with E-state index >= 15 is 0 Å². The van der Waals surface area contributed by atoms with Crippen LogP contribution >= 0.6 is 0 Å². The maximum atomic E-state index is 12.6. The van der Waals surface area contributed by atoms with E-state index in [1.54, 1.807) is 0 Å². The number of hydrogen-bond donors (Lipinski definition) is 2. The van der Waals surface area contributed by atoms with Gasteiger partial charge in [0.15, 0.2) is 5.96 Å². The summed E-state index contributed by atoms with van der Waals surface area (Å²) in [5.41, 5.74) is 0. The average Bonchev–Trinajstić information content (AvgIpc) is 3.02. The molecule has 0 spiro atoms. The Kier molecular flexibility index (Phi) is 7.38. The molecule has 0 aromatic heterocycles. The number of guanidine groups is 1. The van der Waals surface area contributed by atoms with E-state index < -0.39 is 12.6 Å². The molecule has 5 nitrogen and oxygen atoms in total. The number of carbonyl (C=O) groups is 1. The molecule has 1 saturated heterocycles. The Morgan fingerprint density at radius 2 is 1.92 bits per heavy atom. The van der Waals surface area contributed by atoms with Crippen LogP contribution in [0.5, 0.6) is 0 Å². The van der Waals surface area contributed by atoms with Crippen molar-refractivity contribution >= 4 is 11.9 Å². The molecule has 2 fully saturated rings. The molecule has 0 radical (unpaired) electrons. The van der Waals surface area contributed by atoms with Crippen LogP contribution in [0.4, 0.5) is 13.2 Å². The van der Waals surface area contributed by atoms with Crippen molar-refractivity contribution in [1.29, 1.82) is 0 Å². The molecule has 1 unspecified atom stereocenters. The smallest absolute Gasteiger partial charge is 0.357 e. The highest BCUT2D eigenvalue weighted by atomic mass is 19.4. The third kappa shape index (κ3) is 6.74. The number of nitrogens with zero attached hydrogens (tertiary/aromatic N) is 2. The Hall–Kier alpha value is -1.47. The van der Waals surface area contributed by atoms with Crippen molar-refractivity contribution in [3.8, 4) is 0 Å². The molecule has 2 aliphatic rings. The average molecular weight is 362 g/mol. The molecule has 2 rings (SSSR count). The highest BCUT2D eigenvalue weighted by molar-refractivity contribution is 5.81. The van der Waals surface area contributed by atoms with Crippen molar-refractivity contribution in [1.82, 2.24) is 15.5 Å². The summed E-state index contributed by atoms with van der Waals surface area (Å²) >= 11 is 0. The molecule has 1 amide bonds. The van der Waals surface area contributed by atoms with Gasteiger partial charge in [-0.05, 0) is 26.2 Å². The van der Waals surface area contributed by atoms with E-state index in [9.17, 15) is 18.0 Å². The van der Waals surface area contributed by atoms with Gasteiger partial charge in [0.25, 0.3) is 0 Å². The zero-order valence-electron chi connectivity index (χ0n) is 14.9. The molecule has 1 saturated carbocycles. The lowest BCUT2D eigenvalue weighted by Gasteiger charge is -2.26. The van der Waals surface area contributed by atoms with Crippen LogP contribution in [-0.2, 0) is 4.79 Å². The Morgan fingerprint density at radius 1 is 1.20 bits per heavy atom. The summed E-state index contributed by atoms with van der Waals surface area (Å²) in [4.78, 5) is 18.5. The van der Waals surface area contributed by atoms with Gasteiger partial charge in [-0.25, -0.2) is 0 Å². The molecule has 1 aliphatic heterocycles. The van der Waals surface area contributed by atoms with Crippen molar-refractivity contribution in [2.45, 2.75) is 64.1 Å². The van der Waals surface area contributed by atoms with Gasteiger partial charge in [0.1, 0.15) is 0 Å². The molecular weight excluding hydrogens is 333 g/mol. The summed E-state index contributed by atoms with van der Waals surface area (Å²) < 4.78 is 36.8. The summed E-state index contributed by atoms with van der Waals surface area (Å²) in [5, 5.41) is 6.14. The Labute approximate surface area is 147 Å². The normalized spacial score (nSPS) is 23.0. The standard InChI is InChI=1S/C17H29F3N4O/c1-2-21-16(22-10-9-17(18,19)20)23-14-8-11-24(12-14)15(25)13-6-4-3-5-7-13/h13-14H,2-12H2,1H3,(H2,21,22,23). The Balaban J connectivity index is 1.82. The van der Waals surface area contributed by atoms with E-state index in [1.165, 1.54) is 6.42 Å². The summed E-state index contributed by atoms with van der Waals surface area (Å²) in [6, 6.07) is 0.0382. The van der Waals surface area contributed by atoms with Gasteiger partial charge >= 0.3 is 6.18 Å². The van der Waals surface area contributed by atoms with Crippen LogP contribution in [0, 0.1) is 5.92 Å². The predicted molar refractivity (Wildman–Crippen MR) is 91.3 cm³/mol. The second-order valence-corrected chi connectivity index (χ2v) is 6.87. The SMILES string of the molecule is CCNC(=NCCC(F)(F)F)NC1CCN(C(=O)C2CCCCC2)C1. The lowest BCUT2D eigenvalue weighted by molar-refractivity contribution is -0.135. The van der Waals surface area contributed by atoms with Gasteiger partial charge in [-0.1, -0.05) is 19.3 Å². The lowest BCUT2D eigenvalue weighted by atomic mass is 9.88. The van der Waals surface area contributed by atoms with Crippen LogP contribution in [0.25, 0.3) is 0 Å². The van der Waals surface area contributed by atoms with Crippen LogP contribution in [0.15, 0.2) is 4.99 Å². The maximum absolute atomic E-state index is 12.6. The molecule has 25 heavy (non-hydrogen) atoms. The van der Waals surface area contributed by atoms with Crippen LogP contribution in [0.3, 0.4) is 0 Å². The third-order valence-electron chi connectivity index (χ3n) is 4.80. The van der Waals surface area contributed by atoms with Gasteiger partial charge in [0, 0.05) is 31.6 Å². The molecule has 1 atom stereocenters. The summed E-state index contributed by atoms with van der Waals surface area (Å²) in [6.45, 7) is 3.45. The number of alkyl halides is 3. The van der Waals surface area contributed by atoms with Gasteiger partial charge < -0.3 is 15.5 Å². The minimum atomic E-state index is -4.20. The summed E-state index contributed by atoms with van der Waals surface area (Å²) in [6.07, 6.45) is 1.10. The highest BCUT2D eigenvalue weighted by Crippen LogP contribution is 2.26. The van der Waals surface area contributed by atoms with Crippen molar-refractivity contribution in [2.24, 2.45) is 10.9 Å². The first-order chi connectivity index (χ1) is 11.9. The highest BCUT2D eigenvalue weighted by Gasteiger charge is 2.32. The number of halogens is 3. The van der Waals surface area contributed by atoms with E-state index in [-0.39, 0.29) is 24.4 Å². The van der Waals surface area contributed by atoms with E-state index in [0.29, 0.717) is 25.6 Å². The van der Waals surface area contributed by atoms with E-state index in [1.807, 2.05) is 11.8 Å². The number of hydrogen-bond acceptors (Lipinski definition) is 2. The monoisotopic (exact) mass is 362 g/mol. The lowest BCUT2D eigenvalue weighted by Crippen LogP contribution is -2.45. The zero-order valence-corrected chi connectivity index (χ0v) is 14.9. The third-order valence-corrected chi connectivity index (χ3v) is 4.80. The Bertz CT molecular complexity index is 461. The predicted octanol–water partition coefficient (Wildman–Crippen LogP) is 2.68. The molecule has 0 aromatic carbocycles. The molecule has 144 valence electrons. The van der Waals surface area contributed by atoms with Crippen LogP contribution in [0.1, 0.15) is 51.9 Å². The first kappa shape index (κ1) is 19.8. The van der Waals surface area contributed by atoms with Crippen LogP contribution in [0.2, 0.25) is 0 Å². The second kappa shape index (κ2) is 9.29. The largest absolute Gasteiger partial charge is 0.390 e. The van der Waals surface area contributed by atoms with Crippen molar-refractivity contribution in [3.63, 3.8) is 0 Å². The van der Waals surface area contributed by atoms with Crippen molar-refractivity contribution in [3.05, 3.63) is 0 Å². The van der Waals surface area contributed by atoms with E-state index in [2.05, 4.69) is 15.6 Å². The number of amides is 1. The van der Waals surface area contributed by atoms with Gasteiger partial charge in [0.05, 0.1) is 13.0 Å². The first-order valence-corrected chi connectivity index (χ1v) is 9.29. The van der Waals surface area contributed by atoms with Gasteiger partial charge in [-0.3, -0.25) is 9.79 Å². The molecule has 0 bridgehead atoms. The fourth-order valence-corrected chi connectivity index (χ4v) is 3.49. The minimum Gasteiger partial charge on any atom is -0.357 e. The van der Waals surface area contributed by atoms with Crippen LogP contribution in [-0.4, -0.2) is 55.2 Å². The molecular formula is C17H29F3N4O. The summed E-state index contributed by atoms with van der Waals surface area (Å²) in [7, 11) is 0. The van der Waals surface area contributed by atoms with Crippen LogP contribution < -0.4 is 10.6 Å². The number of carbonyl (C=O) groups excluding carboxylic acids is 1. The first-order valence-electron chi connectivity index (χ1n) is 9.29. The van der Waals surface area contributed by atoms with E-state index in [4.69, 9.17) is 0 Å². The number of likely N-dealkylation sites (tertiary alicyclic amines) is 1. The molecule has 1 heterocycles. The second-order valence-electron chi connectivity index (χ2n) is 6.87.